The monoisotopic (exact) mass is 288 g/mol. The molecule has 0 aromatic carbocycles. The Morgan fingerprint density at radius 2 is 2.25 bits per heavy atom. The topological polar surface area (TPSA) is 32.3 Å². The van der Waals surface area contributed by atoms with E-state index in [1.807, 2.05) is 30.0 Å². The molecule has 3 rings (SSSR count). The first-order valence-corrected chi connectivity index (χ1v) is 7.94. The molecule has 1 aliphatic rings. The van der Waals surface area contributed by atoms with Crippen molar-refractivity contribution in [1.29, 1.82) is 0 Å². The molecule has 0 radical (unpaired) electrons. The van der Waals surface area contributed by atoms with Crippen molar-refractivity contribution in [3.63, 3.8) is 0 Å². The van der Waals surface area contributed by atoms with Gasteiger partial charge in [-0.25, -0.2) is 4.98 Å². The predicted molar refractivity (Wildman–Crippen MR) is 83.1 cm³/mol. The molecule has 4 nitrogen and oxygen atoms in total. The second-order valence-electron chi connectivity index (χ2n) is 5.31. The van der Waals surface area contributed by atoms with Crippen molar-refractivity contribution in [2.45, 2.75) is 25.9 Å². The van der Waals surface area contributed by atoms with Crippen molar-refractivity contribution in [3.8, 4) is 0 Å². The normalized spacial score (nSPS) is 21.9. The lowest BCUT2D eigenvalue weighted by Crippen LogP contribution is -2.52. The zero-order chi connectivity index (χ0) is 13.9. The van der Waals surface area contributed by atoms with Gasteiger partial charge in [0.15, 0.2) is 5.13 Å². The summed E-state index contributed by atoms with van der Waals surface area (Å²) in [5, 5.41) is 3.19. The number of piperazine rings is 1. The van der Waals surface area contributed by atoms with Gasteiger partial charge in [0.2, 0.25) is 0 Å². The van der Waals surface area contributed by atoms with Crippen LogP contribution in [0.15, 0.2) is 36.1 Å². The van der Waals surface area contributed by atoms with Gasteiger partial charge in [-0.15, -0.1) is 11.3 Å². The van der Waals surface area contributed by atoms with Gasteiger partial charge in [0.25, 0.3) is 0 Å². The average molecular weight is 288 g/mol. The summed E-state index contributed by atoms with van der Waals surface area (Å²) >= 11 is 1.73. The molecule has 106 valence electrons. The molecule has 0 aliphatic carbocycles. The molecule has 0 saturated carbocycles. The molecule has 2 aromatic rings. The first-order valence-electron chi connectivity index (χ1n) is 7.06. The maximum absolute atomic E-state index is 4.43. The van der Waals surface area contributed by atoms with Crippen LogP contribution in [0.25, 0.3) is 0 Å². The Bertz CT molecular complexity index is 528. The van der Waals surface area contributed by atoms with Crippen molar-refractivity contribution in [1.82, 2.24) is 14.9 Å². The first kappa shape index (κ1) is 13.5. The van der Waals surface area contributed by atoms with Crippen LogP contribution in [0.5, 0.6) is 0 Å². The summed E-state index contributed by atoms with van der Waals surface area (Å²) < 4.78 is 0. The molecule has 0 amide bonds. The van der Waals surface area contributed by atoms with Crippen molar-refractivity contribution in [3.05, 3.63) is 41.7 Å². The van der Waals surface area contributed by atoms with E-state index in [2.05, 4.69) is 39.7 Å². The Kier molecular flexibility index (Phi) is 3.98. The smallest absolute Gasteiger partial charge is 0.185 e. The lowest BCUT2D eigenvalue weighted by Gasteiger charge is -2.42. The zero-order valence-corrected chi connectivity index (χ0v) is 12.8. The summed E-state index contributed by atoms with van der Waals surface area (Å²) in [5.41, 5.74) is 1.29. The lowest BCUT2D eigenvalue weighted by atomic mass is 10.1. The Morgan fingerprint density at radius 1 is 1.35 bits per heavy atom. The van der Waals surface area contributed by atoms with Crippen LogP contribution >= 0.6 is 11.3 Å². The molecule has 2 aromatic heterocycles. The number of hydrogen-bond donors (Lipinski definition) is 0. The lowest BCUT2D eigenvalue weighted by molar-refractivity contribution is 0.175. The molecule has 2 atom stereocenters. The molecule has 5 heteroatoms. The van der Waals surface area contributed by atoms with Crippen molar-refractivity contribution >= 4 is 16.5 Å². The molecule has 20 heavy (non-hydrogen) atoms. The SMILES string of the molecule is C[C@@H](c1cccnc1)N1CCN(c2nccs2)[C@@H](C)C1. The molecule has 1 saturated heterocycles. The van der Waals surface area contributed by atoms with Gasteiger partial charge in [-0.05, 0) is 25.5 Å². The maximum Gasteiger partial charge on any atom is 0.185 e. The maximum atomic E-state index is 4.43. The molecule has 1 fully saturated rings. The number of thiazole rings is 1. The highest BCUT2D eigenvalue weighted by molar-refractivity contribution is 7.13. The van der Waals surface area contributed by atoms with E-state index in [1.54, 1.807) is 11.3 Å². The third kappa shape index (κ3) is 2.69. The van der Waals surface area contributed by atoms with Gasteiger partial charge in [-0.1, -0.05) is 6.07 Å². The molecular weight excluding hydrogens is 268 g/mol. The largest absolute Gasteiger partial charge is 0.343 e. The van der Waals surface area contributed by atoms with Gasteiger partial charge in [-0.3, -0.25) is 9.88 Å². The number of rotatable bonds is 3. The molecular formula is C15H20N4S. The van der Waals surface area contributed by atoms with Gasteiger partial charge in [0.05, 0.1) is 0 Å². The fraction of sp³-hybridized carbons (Fsp3) is 0.467. The Labute approximate surface area is 124 Å². The highest BCUT2D eigenvalue weighted by Crippen LogP contribution is 2.27. The Morgan fingerprint density at radius 3 is 2.90 bits per heavy atom. The van der Waals surface area contributed by atoms with Gasteiger partial charge in [-0.2, -0.15) is 0 Å². The minimum Gasteiger partial charge on any atom is -0.343 e. The fourth-order valence-corrected chi connectivity index (χ4v) is 3.59. The van der Waals surface area contributed by atoms with Crippen LogP contribution in [0, 0.1) is 0 Å². The van der Waals surface area contributed by atoms with E-state index in [0.717, 1.165) is 24.8 Å². The summed E-state index contributed by atoms with van der Waals surface area (Å²) in [7, 11) is 0. The summed E-state index contributed by atoms with van der Waals surface area (Å²) in [5.74, 6) is 0. The molecule has 1 aliphatic heterocycles. The third-order valence-electron chi connectivity index (χ3n) is 4.04. The van der Waals surface area contributed by atoms with Gasteiger partial charge < -0.3 is 4.90 Å². The van der Waals surface area contributed by atoms with E-state index < -0.39 is 0 Å². The quantitative estimate of drug-likeness (QED) is 0.869. The number of aromatic nitrogens is 2. The fourth-order valence-electron chi connectivity index (χ4n) is 2.81. The minimum atomic E-state index is 0.421. The zero-order valence-electron chi connectivity index (χ0n) is 11.9. The van der Waals surface area contributed by atoms with Crippen LogP contribution in [0.2, 0.25) is 0 Å². The van der Waals surface area contributed by atoms with Crippen molar-refractivity contribution in [2.24, 2.45) is 0 Å². The Hall–Kier alpha value is -1.46. The van der Waals surface area contributed by atoms with E-state index in [0.29, 0.717) is 12.1 Å². The average Bonchev–Trinajstić information content (AvgIpc) is 3.01. The highest BCUT2D eigenvalue weighted by atomic mass is 32.1. The van der Waals surface area contributed by atoms with E-state index in [4.69, 9.17) is 0 Å². The molecule has 3 heterocycles. The van der Waals surface area contributed by atoms with Crippen LogP contribution < -0.4 is 4.90 Å². The van der Waals surface area contributed by atoms with Crippen LogP contribution in [0.3, 0.4) is 0 Å². The minimum absolute atomic E-state index is 0.421. The van der Waals surface area contributed by atoms with E-state index in [9.17, 15) is 0 Å². The summed E-state index contributed by atoms with van der Waals surface area (Å²) in [6.45, 7) is 7.72. The molecule has 0 spiro atoms. The summed E-state index contributed by atoms with van der Waals surface area (Å²) in [4.78, 5) is 13.6. The van der Waals surface area contributed by atoms with Crippen LogP contribution in [0.1, 0.15) is 25.5 Å². The van der Waals surface area contributed by atoms with E-state index >= 15 is 0 Å². The van der Waals surface area contributed by atoms with Crippen LogP contribution in [-0.2, 0) is 0 Å². The van der Waals surface area contributed by atoms with Gasteiger partial charge in [0, 0.05) is 55.7 Å². The van der Waals surface area contributed by atoms with E-state index in [1.165, 1.54) is 5.56 Å². The second kappa shape index (κ2) is 5.89. The predicted octanol–water partition coefficient (Wildman–Crippen LogP) is 2.81. The highest BCUT2D eigenvalue weighted by Gasteiger charge is 2.28. The van der Waals surface area contributed by atoms with Gasteiger partial charge >= 0.3 is 0 Å². The summed E-state index contributed by atoms with van der Waals surface area (Å²) in [6.07, 6.45) is 5.69. The van der Waals surface area contributed by atoms with Gasteiger partial charge in [0.1, 0.15) is 0 Å². The first-order chi connectivity index (χ1) is 9.75. The third-order valence-corrected chi connectivity index (χ3v) is 4.85. The van der Waals surface area contributed by atoms with Crippen molar-refractivity contribution < 1.29 is 0 Å². The molecule has 0 bridgehead atoms. The second-order valence-corrected chi connectivity index (χ2v) is 6.19. The number of nitrogens with zero attached hydrogens (tertiary/aromatic N) is 4. The van der Waals surface area contributed by atoms with E-state index in [-0.39, 0.29) is 0 Å². The standard InChI is InChI=1S/C15H20N4S/c1-12-11-18(13(2)14-4-3-5-16-10-14)7-8-19(12)15-17-6-9-20-15/h3-6,9-10,12-13H,7-8,11H2,1-2H3/t12-,13-/m0/s1. The number of anilines is 1. The summed E-state index contributed by atoms with van der Waals surface area (Å²) in [6, 6.07) is 5.09. The number of pyridine rings is 1. The van der Waals surface area contributed by atoms with Crippen molar-refractivity contribution in [2.75, 3.05) is 24.5 Å². The molecule has 0 N–H and O–H groups in total. The Balaban J connectivity index is 1.68. The molecule has 0 unspecified atom stereocenters. The van der Waals surface area contributed by atoms with Crippen LogP contribution in [-0.4, -0.2) is 40.5 Å². The van der Waals surface area contributed by atoms with Crippen LogP contribution in [0.4, 0.5) is 5.13 Å². The number of hydrogen-bond acceptors (Lipinski definition) is 5.